The lowest BCUT2D eigenvalue weighted by Gasteiger charge is -2.16. The highest BCUT2D eigenvalue weighted by molar-refractivity contribution is 4.93. The van der Waals surface area contributed by atoms with Crippen molar-refractivity contribution in [1.82, 2.24) is 9.55 Å². The number of halogens is 1. The zero-order chi connectivity index (χ0) is 14.9. The van der Waals surface area contributed by atoms with Crippen LogP contribution in [0, 0.1) is 0 Å². The van der Waals surface area contributed by atoms with E-state index in [2.05, 4.69) is 11.3 Å². The fourth-order valence-corrected chi connectivity index (χ4v) is 1.90. The third-order valence-corrected chi connectivity index (χ3v) is 2.87. The van der Waals surface area contributed by atoms with E-state index in [9.17, 15) is 24.2 Å². The second-order valence-electron chi connectivity index (χ2n) is 4.23. The molecule has 2 rings (SSSR count). The fourth-order valence-electron chi connectivity index (χ4n) is 1.90. The molecule has 0 bridgehead atoms. The Bertz CT molecular complexity index is 611. The minimum Gasteiger partial charge on any atom is -0.468 e. The van der Waals surface area contributed by atoms with Crippen molar-refractivity contribution in [3.63, 3.8) is 0 Å². The van der Waals surface area contributed by atoms with Crippen molar-refractivity contribution < 1.29 is 24.1 Å². The largest absolute Gasteiger partial charge is 0.468 e. The van der Waals surface area contributed by atoms with E-state index in [1.807, 2.05) is 4.98 Å². The molecule has 20 heavy (non-hydrogen) atoms. The Morgan fingerprint density at radius 3 is 2.80 bits per heavy atom. The SMILES string of the molecule is C=C(F)OC[C@H]1O[C@@H](n2ccc(=O)[nH]c2=O)[C@H](O)[C@@H]1O. The molecule has 9 heteroatoms. The molecule has 1 aromatic heterocycles. The lowest BCUT2D eigenvalue weighted by Crippen LogP contribution is -2.37. The molecule has 0 aromatic carbocycles. The molecule has 0 aliphatic carbocycles. The number of nitrogens with zero attached hydrogens (tertiary/aromatic N) is 1. The zero-order valence-corrected chi connectivity index (χ0v) is 10.2. The standard InChI is InChI=1S/C11H13FN2O6/c1-5(12)19-4-6-8(16)9(17)10(20-6)14-3-2-7(15)13-11(14)18/h2-3,6,8-10,16-17H,1,4H2,(H,13,15,18)/t6-,8-,9-,10-/m1/s1. The summed E-state index contributed by atoms with van der Waals surface area (Å²) in [4.78, 5) is 24.5. The van der Waals surface area contributed by atoms with Crippen LogP contribution in [0.4, 0.5) is 4.39 Å². The summed E-state index contributed by atoms with van der Waals surface area (Å²) in [7, 11) is 0. The van der Waals surface area contributed by atoms with Crippen LogP contribution < -0.4 is 11.2 Å². The van der Waals surface area contributed by atoms with Gasteiger partial charge in [0.05, 0.1) is 0 Å². The van der Waals surface area contributed by atoms with E-state index in [0.29, 0.717) is 0 Å². The normalized spacial score (nSPS) is 29.4. The molecule has 0 spiro atoms. The van der Waals surface area contributed by atoms with E-state index in [1.54, 1.807) is 0 Å². The molecule has 1 saturated heterocycles. The maximum Gasteiger partial charge on any atom is 0.330 e. The molecule has 0 radical (unpaired) electrons. The Kier molecular flexibility index (Phi) is 4.02. The van der Waals surface area contributed by atoms with Crippen molar-refractivity contribution >= 4 is 0 Å². The first-order chi connectivity index (χ1) is 9.40. The minimum atomic E-state index is -1.43. The van der Waals surface area contributed by atoms with E-state index in [0.717, 1.165) is 16.8 Å². The maximum absolute atomic E-state index is 12.4. The summed E-state index contributed by atoms with van der Waals surface area (Å²) >= 11 is 0. The highest BCUT2D eigenvalue weighted by Crippen LogP contribution is 2.28. The van der Waals surface area contributed by atoms with Crippen LogP contribution in [0.15, 0.2) is 34.4 Å². The van der Waals surface area contributed by atoms with Gasteiger partial charge in [0.1, 0.15) is 24.9 Å². The molecule has 0 amide bonds. The number of hydrogen-bond acceptors (Lipinski definition) is 6. The van der Waals surface area contributed by atoms with Gasteiger partial charge in [0.25, 0.3) is 11.6 Å². The monoisotopic (exact) mass is 288 g/mol. The van der Waals surface area contributed by atoms with Crippen molar-refractivity contribution in [1.29, 1.82) is 0 Å². The average molecular weight is 288 g/mol. The lowest BCUT2D eigenvalue weighted by molar-refractivity contribution is -0.0643. The Balaban J connectivity index is 2.19. The molecule has 110 valence electrons. The molecule has 1 fully saturated rings. The number of aliphatic hydroxyl groups is 2. The number of ether oxygens (including phenoxy) is 2. The van der Waals surface area contributed by atoms with Gasteiger partial charge in [-0.2, -0.15) is 4.39 Å². The smallest absolute Gasteiger partial charge is 0.330 e. The zero-order valence-electron chi connectivity index (χ0n) is 10.2. The molecule has 1 aliphatic rings. The lowest BCUT2D eigenvalue weighted by atomic mass is 10.1. The first-order valence-electron chi connectivity index (χ1n) is 5.70. The van der Waals surface area contributed by atoms with Gasteiger partial charge in [-0.15, -0.1) is 0 Å². The Morgan fingerprint density at radius 2 is 2.20 bits per heavy atom. The van der Waals surface area contributed by atoms with Gasteiger partial charge in [0.2, 0.25) is 0 Å². The van der Waals surface area contributed by atoms with Gasteiger partial charge in [-0.05, 0) is 6.58 Å². The van der Waals surface area contributed by atoms with E-state index in [1.165, 1.54) is 0 Å². The van der Waals surface area contributed by atoms with Gasteiger partial charge in [-0.1, -0.05) is 0 Å². The molecule has 1 aliphatic heterocycles. The molecule has 1 aromatic rings. The molecule has 0 unspecified atom stereocenters. The molecule has 3 N–H and O–H groups in total. The third kappa shape index (κ3) is 2.79. The average Bonchev–Trinajstić information content (AvgIpc) is 2.64. The van der Waals surface area contributed by atoms with Crippen LogP contribution in [-0.4, -0.2) is 44.7 Å². The Labute approximate surface area is 111 Å². The van der Waals surface area contributed by atoms with Crippen LogP contribution in [0.1, 0.15) is 6.23 Å². The highest BCUT2D eigenvalue weighted by atomic mass is 19.1. The van der Waals surface area contributed by atoms with Gasteiger partial charge in [-0.25, -0.2) is 4.79 Å². The predicted octanol–water partition coefficient (Wildman–Crippen LogP) is -1.39. The summed E-state index contributed by atoms with van der Waals surface area (Å²) in [5, 5.41) is 19.6. The number of aliphatic hydroxyl groups excluding tert-OH is 2. The maximum atomic E-state index is 12.4. The first-order valence-corrected chi connectivity index (χ1v) is 5.70. The van der Waals surface area contributed by atoms with E-state index < -0.39 is 41.8 Å². The number of rotatable bonds is 4. The third-order valence-electron chi connectivity index (χ3n) is 2.87. The van der Waals surface area contributed by atoms with Crippen molar-refractivity contribution in [3.8, 4) is 0 Å². The van der Waals surface area contributed by atoms with Gasteiger partial charge in [0, 0.05) is 12.3 Å². The summed E-state index contributed by atoms with van der Waals surface area (Å²) in [6.45, 7) is 2.50. The number of aromatic nitrogens is 2. The van der Waals surface area contributed by atoms with Crippen molar-refractivity contribution in [2.24, 2.45) is 0 Å². The minimum absolute atomic E-state index is 0.373. The predicted molar refractivity (Wildman–Crippen MR) is 63.4 cm³/mol. The van der Waals surface area contributed by atoms with Crippen LogP contribution in [0.2, 0.25) is 0 Å². The number of aromatic amines is 1. The summed E-state index contributed by atoms with van der Waals surface area (Å²) in [5.41, 5.74) is -1.40. The fraction of sp³-hybridized carbons (Fsp3) is 0.455. The summed E-state index contributed by atoms with van der Waals surface area (Å²) in [6.07, 6.45) is -3.94. The van der Waals surface area contributed by atoms with Crippen molar-refractivity contribution in [2.45, 2.75) is 24.5 Å². The second kappa shape index (κ2) is 5.57. The molecule has 4 atom stereocenters. The van der Waals surface area contributed by atoms with E-state index in [-0.39, 0.29) is 6.61 Å². The van der Waals surface area contributed by atoms with Crippen LogP contribution in [0.3, 0.4) is 0 Å². The summed E-state index contributed by atoms with van der Waals surface area (Å²) in [6, 6.07) is 0.0110. The van der Waals surface area contributed by atoms with Gasteiger partial charge >= 0.3 is 5.69 Å². The van der Waals surface area contributed by atoms with Gasteiger partial charge in [0.15, 0.2) is 6.23 Å². The van der Waals surface area contributed by atoms with Crippen molar-refractivity contribution in [2.75, 3.05) is 6.61 Å². The van der Waals surface area contributed by atoms with E-state index in [4.69, 9.17) is 4.74 Å². The van der Waals surface area contributed by atoms with Crippen LogP contribution >= 0.6 is 0 Å². The number of nitrogens with one attached hydrogen (secondary N) is 1. The second-order valence-corrected chi connectivity index (χ2v) is 4.23. The molecular formula is C11H13FN2O6. The quantitative estimate of drug-likeness (QED) is 0.588. The topological polar surface area (TPSA) is 114 Å². The molecule has 0 saturated carbocycles. The van der Waals surface area contributed by atoms with Crippen LogP contribution in [0.25, 0.3) is 0 Å². The van der Waals surface area contributed by atoms with Crippen LogP contribution in [0.5, 0.6) is 0 Å². The molecule has 8 nitrogen and oxygen atoms in total. The van der Waals surface area contributed by atoms with Gasteiger partial charge < -0.3 is 19.7 Å². The van der Waals surface area contributed by atoms with Crippen LogP contribution in [-0.2, 0) is 9.47 Å². The number of H-pyrrole nitrogens is 1. The van der Waals surface area contributed by atoms with Gasteiger partial charge in [-0.3, -0.25) is 14.3 Å². The molecule has 2 heterocycles. The molecular weight excluding hydrogens is 275 g/mol. The number of hydrogen-bond donors (Lipinski definition) is 3. The highest BCUT2D eigenvalue weighted by Gasteiger charge is 2.44. The summed E-state index contributed by atoms with van der Waals surface area (Å²) < 4.78 is 23.0. The Morgan fingerprint density at radius 1 is 1.50 bits per heavy atom. The Hall–Kier alpha value is -1.97. The van der Waals surface area contributed by atoms with E-state index >= 15 is 0 Å². The summed E-state index contributed by atoms with van der Waals surface area (Å²) in [5.74, 6) is 0. The van der Waals surface area contributed by atoms with Crippen molar-refractivity contribution in [3.05, 3.63) is 45.7 Å². The first kappa shape index (κ1) is 14.4.